The Bertz CT molecular complexity index is 415. The van der Waals surface area contributed by atoms with E-state index in [1.807, 2.05) is 0 Å². The lowest BCUT2D eigenvalue weighted by Crippen LogP contribution is -2.26. The number of aliphatic hydroxyl groups excluding tert-OH is 1. The molecule has 0 atom stereocenters. The van der Waals surface area contributed by atoms with E-state index in [0.29, 0.717) is 25.0 Å². The highest BCUT2D eigenvalue weighted by Gasteiger charge is 2.18. The second kappa shape index (κ2) is 7.78. The molecule has 0 aromatic heterocycles. The van der Waals surface area contributed by atoms with Gasteiger partial charge in [0.05, 0.1) is 0 Å². The van der Waals surface area contributed by atoms with Crippen molar-refractivity contribution in [2.24, 2.45) is 0 Å². The Morgan fingerprint density at radius 3 is 2.21 bits per heavy atom. The van der Waals surface area contributed by atoms with Crippen molar-refractivity contribution in [3.8, 4) is 0 Å². The fourth-order valence-corrected chi connectivity index (χ4v) is 1.64. The SMILES string of the molecule is O=C(NCCCCCCO)c1c(F)cc(F)cc1F. The lowest BCUT2D eigenvalue weighted by molar-refractivity contribution is 0.0944. The molecule has 1 aromatic rings. The Labute approximate surface area is 109 Å². The topological polar surface area (TPSA) is 49.3 Å². The van der Waals surface area contributed by atoms with Crippen LogP contribution in [-0.2, 0) is 0 Å². The summed E-state index contributed by atoms with van der Waals surface area (Å²) in [7, 11) is 0. The molecule has 19 heavy (non-hydrogen) atoms. The van der Waals surface area contributed by atoms with E-state index in [-0.39, 0.29) is 13.2 Å². The number of nitrogens with one attached hydrogen (secondary N) is 1. The Kier molecular flexibility index (Phi) is 6.35. The van der Waals surface area contributed by atoms with E-state index in [0.717, 1.165) is 12.8 Å². The van der Waals surface area contributed by atoms with Gasteiger partial charge in [-0.3, -0.25) is 4.79 Å². The van der Waals surface area contributed by atoms with Crippen molar-refractivity contribution in [2.45, 2.75) is 25.7 Å². The summed E-state index contributed by atoms with van der Waals surface area (Å²) in [5, 5.41) is 10.9. The van der Waals surface area contributed by atoms with E-state index < -0.39 is 28.9 Å². The molecule has 106 valence electrons. The summed E-state index contributed by atoms with van der Waals surface area (Å²) in [5.74, 6) is -4.38. The fourth-order valence-electron chi connectivity index (χ4n) is 1.64. The molecule has 0 spiro atoms. The van der Waals surface area contributed by atoms with Gasteiger partial charge in [0.15, 0.2) is 0 Å². The highest BCUT2D eigenvalue weighted by molar-refractivity contribution is 5.94. The minimum atomic E-state index is -1.21. The number of hydrogen-bond acceptors (Lipinski definition) is 2. The van der Waals surface area contributed by atoms with Crippen LogP contribution in [0.15, 0.2) is 12.1 Å². The molecular weight excluding hydrogens is 259 g/mol. The van der Waals surface area contributed by atoms with Crippen LogP contribution in [0.25, 0.3) is 0 Å². The first kappa shape index (κ1) is 15.5. The van der Waals surface area contributed by atoms with Gasteiger partial charge in [0.2, 0.25) is 0 Å². The van der Waals surface area contributed by atoms with Crippen molar-refractivity contribution in [3.63, 3.8) is 0 Å². The number of benzene rings is 1. The van der Waals surface area contributed by atoms with E-state index in [4.69, 9.17) is 5.11 Å². The highest BCUT2D eigenvalue weighted by atomic mass is 19.1. The molecule has 0 unspecified atom stereocenters. The third-order valence-electron chi connectivity index (χ3n) is 2.60. The first-order valence-corrected chi connectivity index (χ1v) is 6.10. The first-order valence-electron chi connectivity index (χ1n) is 6.10. The highest BCUT2D eigenvalue weighted by Crippen LogP contribution is 2.14. The zero-order valence-corrected chi connectivity index (χ0v) is 10.4. The smallest absolute Gasteiger partial charge is 0.257 e. The standard InChI is InChI=1S/C13H16F3NO2/c14-9-7-10(15)12(11(16)8-9)13(19)17-5-3-1-2-4-6-18/h7-8,18H,1-6H2,(H,17,19). The Hall–Kier alpha value is -1.56. The lowest BCUT2D eigenvalue weighted by Gasteiger charge is -2.07. The molecule has 3 nitrogen and oxygen atoms in total. The van der Waals surface area contributed by atoms with Crippen molar-refractivity contribution >= 4 is 5.91 Å². The summed E-state index contributed by atoms with van der Waals surface area (Å²) in [5.41, 5.74) is -0.767. The van der Waals surface area contributed by atoms with Gasteiger partial charge in [0, 0.05) is 25.3 Å². The van der Waals surface area contributed by atoms with Gasteiger partial charge in [-0.25, -0.2) is 13.2 Å². The predicted molar refractivity (Wildman–Crippen MR) is 64.2 cm³/mol. The molecule has 0 aliphatic carbocycles. The molecule has 1 amide bonds. The second-order valence-corrected chi connectivity index (χ2v) is 4.14. The molecule has 0 aliphatic rings. The molecule has 0 radical (unpaired) electrons. The molecule has 1 rings (SSSR count). The molecule has 2 N–H and O–H groups in total. The second-order valence-electron chi connectivity index (χ2n) is 4.14. The minimum absolute atomic E-state index is 0.123. The van der Waals surface area contributed by atoms with Crippen molar-refractivity contribution in [1.29, 1.82) is 0 Å². The maximum absolute atomic E-state index is 13.3. The number of amides is 1. The van der Waals surface area contributed by atoms with Gasteiger partial charge in [-0.2, -0.15) is 0 Å². The normalized spacial score (nSPS) is 10.5. The average Bonchev–Trinajstić information content (AvgIpc) is 2.32. The van der Waals surface area contributed by atoms with E-state index in [1.54, 1.807) is 0 Å². The summed E-state index contributed by atoms with van der Waals surface area (Å²) in [6.07, 6.45) is 2.96. The number of unbranched alkanes of at least 4 members (excludes halogenated alkanes) is 3. The van der Waals surface area contributed by atoms with Gasteiger partial charge in [-0.15, -0.1) is 0 Å². The van der Waals surface area contributed by atoms with Gasteiger partial charge >= 0.3 is 0 Å². The van der Waals surface area contributed by atoms with Gasteiger partial charge in [-0.1, -0.05) is 12.8 Å². The Morgan fingerprint density at radius 2 is 1.63 bits per heavy atom. The number of aliphatic hydroxyl groups is 1. The number of carbonyl (C=O) groups excluding carboxylic acids is 1. The minimum Gasteiger partial charge on any atom is -0.396 e. The lowest BCUT2D eigenvalue weighted by atomic mass is 10.1. The maximum atomic E-state index is 13.3. The van der Waals surface area contributed by atoms with Crippen LogP contribution in [0.4, 0.5) is 13.2 Å². The third-order valence-corrected chi connectivity index (χ3v) is 2.60. The average molecular weight is 275 g/mol. The van der Waals surface area contributed by atoms with Crippen LogP contribution < -0.4 is 5.32 Å². The van der Waals surface area contributed by atoms with Crippen molar-refractivity contribution < 1.29 is 23.1 Å². The van der Waals surface area contributed by atoms with Crippen LogP contribution >= 0.6 is 0 Å². The quantitative estimate of drug-likeness (QED) is 0.751. The Morgan fingerprint density at radius 1 is 1.05 bits per heavy atom. The van der Waals surface area contributed by atoms with Crippen LogP contribution in [0.3, 0.4) is 0 Å². The third kappa shape index (κ3) is 4.90. The zero-order chi connectivity index (χ0) is 14.3. The molecular formula is C13H16F3NO2. The van der Waals surface area contributed by atoms with E-state index in [1.165, 1.54) is 0 Å². The molecule has 0 saturated carbocycles. The van der Waals surface area contributed by atoms with E-state index >= 15 is 0 Å². The van der Waals surface area contributed by atoms with Crippen molar-refractivity contribution in [2.75, 3.05) is 13.2 Å². The van der Waals surface area contributed by atoms with Crippen LogP contribution in [0.5, 0.6) is 0 Å². The van der Waals surface area contributed by atoms with Gasteiger partial charge in [0.1, 0.15) is 23.0 Å². The van der Waals surface area contributed by atoms with Gasteiger partial charge in [-0.05, 0) is 12.8 Å². The van der Waals surface area contributed by atoms with Crippen molar-refractivity contribution in [1.82, 2.24) is 5.32 Å². The zero-order valence-electron chi connectivity index (χ0n) is 10.4. The molecule has 0 heterocycles. The number of halogens is 3. The molecule has 0 saturated heterocycles. The summed E-state index contributed by atoms with van der Waals surface area (Å²) in [6, 6.07) is 0.943. The number of carbonyl (C=O) groups is 1. The molecule has 1 aromatic carbocycles. The molecule has 0 aliphatic heterocycles. The maximum Gasteiger partial charge on any atom is 0.257 e. The fraction of sp³-hybridized carbons (Fsp3) is 0.462. The number of hydrogen-bond donors (Lipinski definition) is 2. The summed E-state index contributed by atoms with van der Waals surface area (Å²) < 4.78 is 39.2. The summed E-state index contributed by atoms with van der Waals surface area (Å²) in [6.45, 7) is 0.402. The monoisotopic (exact) mass is 275 g/mol. The van der Waals surface area contributed by atoms with Crippen LogP contribution in [-0.4, -0.2) is 24.2 Å². The van der Waals surface area contributed by atoms with E-state index in [2.05, 4.69) is 5.32 Å². The van der Waals surface area contributed by atoms with Crippen molar-refractivity contribution in [3.05, 3.63) is 35.1 Å². The molecule has 6 heteroatoms. The van der Waals surface area contributed by atoms with Crippen LogP contribution in [0.1, 0.15) is 36.0 Å². The van der Waals surface area contributed by atoms with Gasteiger partial charge in [0.25, 0.3) is 5.91 Å². The summed E-state index contributed by atoms with van der Waals surface area (Å²) in [4.78, 5) is 11.5. The summed E-state index contributed by atoms with van der Waals surface area (Å²) >= 11 is 0. The van der Waals surface area contributed by atoms with E-state index in [9.17, 15) is 18.0 Å². The predicted octanol–water partition coefficient (Wildman–Crippen LogP) is 2.39. The molecule has 0 bridgehead atoms. The first-order chi connectivity index (χ1) is 9.06. The van der Waals surface area contributed by atoms with Crippen LogP contribution in [0, 0.1) is 17.5 Å². The Balaban J connectivity index is 2.46. The van der Waals surface area contributed by atoms with Gasteiger partial charge < -0.3 is 10.4 Å². The largest absolute Gasteiger partial charge is 0.396 e. The molecule has 0 fully saturated rings. The van der Waals surface area contributed by atoms with Crippen LogP contribution in [0.2, 0.25) is 0 Å². The number of rotatable bonds is 7.